The summed E-state index contributed by atoms with van der Waals surface area (Å²) in [5, 5.41) is 0. The number of carbonyl (C=O) groups excluding carboxylic acids is 2. The third-order valence-electron chi connectivity index (χ3n) is 5.18. The lowest BCUT2D eigenvalue weighted by molar-refractivity contribution is 0.0960. The number of hydrogen-bond acceptors (Lipinski definition) is 3. The number of carbonyl (C=O) groups is 2. The van der Waals surface area contributed by atoms with Crippen LogP contribution in [0.25, 0.3) is 0 Å². The van der Waals surface area contributed by atoms with Crippen molar-refractivity contribution in [3.63, 3.8) is 0 Å². The first kappa shape index (κ1) is 18.0. The van der Waals surface area contributed by atoms with Gasteiger partial charge in [0.2, 0.25) is 0 Å². The van der Waals surface area contributed by atoms with Gasteiger partial charge >= 0.3 is 0 Å². The van der Waals surface area contributed by atoms with E-state index in [2.05, 4.69) is 0 Å². The molecule has 0 N–H and O–H groups in total. The van der Waals surface area contributed by atoms with Gasteiger partial charge in [0.1, 0.15) is 5.75 Å². The van der Waals surface area contributed by atoms with E-state index >= 15 is 0 Å². The van der Waals surface area contributed by atoms with Crippen LogP contribution in [0, 0.1) is 6.92 Å². The van der Waals surface area contributed by atoms with E-state index in [0.29, 0.717) is 11.1 Å². The maximum Gasteiger partial charge on any atom is 0.259 e. The highest BCUT2D eigenvalue weighted by molar-refractivity contribution is 6.12. The zero-order valence-corrected chi connectivity index (χ0v) is 15.9. The second kappa shape index (κ2) is 7.31. The Balaban J connectivity index is 1.70. The largest absolute Gasteiger partial charge is 0.497 e. The fourth-order valence-corrected chi connectivity index (χ4v) is 3.67. The maximum atomic E-state index is 13.1. The van der Waals surface area contributed by atoms with Crippen molar-refractivity contribution in [3.8, 4) is 5.75 Å². The van der Waals surface area contributed by atoms with Crippen molar-refractivity contribution in [2.24, 2.45) is 0 Å². The summed E-state index contributed by atoms with van der Waals surface area (Å²) in [6.07, 6.45) is 0.234. The molecule has 1 heterocycles. The number of anilines is 1. The molecule has 1 amide bonds. The first-order valence-corrected chi connectivity index (χ1v) is 9.25. The summed E-state index contributed by atoms with van der Waals surface area (Å²) in [6.45, 7) is 1.99. The summed E-state index contributed by atoms with van der Waals surface area (Å²) in [4.78, 5) is 27.8. The van der Waals surface area contributed by atoms with Gasteiger partial charge in [0.15, 0.2) is 5.78 Å². The quantitative estimate of drug-likeness (QED) is 0.594. The molecule has 1 atom stereocenters. The first-order valence-electron chi connectivity index (χ1n) is 9.25. The third-order valence-corrected chi connectivity index (χ3v) is 5.18. The maximum absolute atomic E-state index is 13.1. The number of ether oxygens (including phenoxy) is 1. The van der Waals surface area contributed by atoms with Crippen LogP contribution in [-0.2, 0) is 0 Å². The van der Waals surface area contributed by atoms with Crippen molar-refractivity contribution in [2.75, 3.05) is 12.0 Å². The summed E-state index contributed by atoms with van der Waals surface area (Å²) >= 11 is 0. The molecule has 1 aliphatic rings. The van der Waals surface area contributed by atoms with Gasteiger partial charge in [-0.05, 0) is 42.8 Å². The highest BCUT2D eigenvalue weighted by Gasteiger charge is 2.38. The molecule has 0 fully saturated rings. The zero-order valence-electron chi connectivity index (χ0n) is 15.9. The Morgan fingerprint density at radius 3 is 2.32 bits per heavy atom. The highest BCUT2D eigenvalue weighted by Crippen LogP contribution is 2.40. The number of rotatable bonds is 5. The Labute approximate surface area is 164 Å². The Morgan fingerprint density at radius 1 is 0.964 bits per heavy atom. The smallest absolute Gasteiger partial charge is 0.259 e. The number of methoxy groups -OCH3 is 1. The average Bonchev–Trinajstić information content (AvgIpc) is 3.00. The van der Waals surface area contributed by atoms with Gasteiger partial charge in [-0.25, -0.2) is 0 Å². The molecule has 4 rings (SSSR count). The minimum atomic E-state index is -0.328. The lowest BCUT2D eigenvalue weighted by Crippen LogP contribution is -2.29. The summed E-state index contributed by atoms with van der Waals surface area (Å²) in [5.41, 5.74) is 4.07. The number of hydrogen-bond donors (Lipinski definition) is 0. The lowest BCUT2D eigenvalue weighted by Gasteiger charge is -2.25. The lowest BCUT2D eigenvalue weighted by atomic mass is 9.97. The fraction of sp³-hybridized carbons (Fsp3) is 0.167. The molecule has 0 bridgehead atoms. The normalized spacial score (nSPS) is 15.4. The number of aryl methyl sites for hydroxylation is 1. The van der Waals surface area contributed by atoms with E-state index in [0.717, 1.165) is 22.6 Å². The van der Waals surface area contributed by atoms with Gasteiger partial charge < -0.3 is 9.64 Å². The molecule has 4 nitrogen and oxygen atoms in total. The number of amides is 1. The first-order chi connectivity index (χ1) is 13.6. The van der Waals surface area contributed by atoms with Crippen molar-refractivity contribution in [1.29, 1.82) is 0 Å². The van der Waals surface area contributed by atoms with Gasteiger partial charge in [-0.2, -0.15) is 0 Å². The number of ketones is 1. The van der Waals surface area contributed by atoms with Gasteiger partial charge in [-0.15, -0.1) is 0 Å². The second-order valence-corrected chi connectivity index (χ2v) is 6.97. The Kier molecular flexibility index (Phi) is 4.70. The molecule has 3 aromatic rings. The van der Waals surface area contributed by atoms with E-state index in [9.17, 15) is 9.59 Å². The zero-order chi connectivity index (χ0) is 19.7. The number of nitrogens with zero attached hydrogens (tertiary/aromatic N) is 1. The van der Waals surface area contributed by atoms with Gasteiger partial charge in [0, 0.05) is 23.2 Å². The van der Waals surface area contributed by atoms with Crippen molar-refractivity contribution >= 4 is 17.4 Å². The summed E-state index contributed by atoms with van der Waals surface area (Å²) in [5.74, 6) is 0.663. The van der Waals surface area contributed by atoms with Crippen LogP contribution < -0.4 is 9.64 Å². The third kappa shape index (κ3) is 3.18. The molecular formula is C24H21NO3. The molecular weight excluding hydrogens is 350 g/mol. The Bertz CT molecular complexity index is 1020. The van der Waals surface area contributed by atoms with Crippen molar-refractivity contribution in [2.45, 2.75) is 19.4 Å². The van der Waals surface area contributed by atoms with E-state index < -0.39 is 0 Å². The van der Waals surface area contributed by atoms with Crippen LogP contribution in [0.4, 0.5) is 5.69 Å². The molecule has 4 heteroatoms. The molecule has 0 radical (unpaired) electrons. The van der Waals surface area contributed by atoms with Gasteiger partial charge in [0.05, 0.1) is 13.2 Å². The van der Waals surface area contributed by atoms with E-state index in [1.54, 1.807) is 12.0 Å². The van der Waals surface area contributed by atoms with Crippen LogP contribution in [0.3, 0.4) is 0 Å². The molecule has 3 aromatic carbocycles. The summed E-state index contributed by atoms with van der Waals surface area (Å²) in [7, 11) is 1.61. The van der Waals surface area contributed by atoms with Crippen LogP contribution in [0.2, 0.25) is 0 Å². The van der Waals surface area contributed by atoms with E-state index in [-0.39, 0.29) is 24.2 Å². The van der Waals surface area contributed by atoms with E-state index in [1.165, 1.54) is 0 Å². The SMILES string of the molecule is COc1ccc(N2C(=O)c3ccccc3C2CC(=O)c2ccc(C)cc2)cc1. The van der Waals surface area contributed by atoms with E-state index in [4.69, 9.17) is 4.74 Å². The predicted octanol–water partition coefficient (Wildman–Crippen LogP) is 4.98. The van der Waals surface area contributed by atoms with Gasteiger partial charge in [0.25, 0.3) is 5.91 Å². The predicted molar refractivity (Wildman–Crippen MR) is 109 cm³/mol. The van der Waals surface area contributed by atoms with Gasteiger partial charge in [-0.1, -0.05) is 48.0 Å². The molecule has 140 valence electrons. The number of fused-ring (bicyclic) bond motifs is 1. The Morgan fingerprint density at radius 2 is 1.64 bits per heavy atom. The summed E-state index contributed by atoms with van der Waals surface area (Å²) in [6, 6.07) is 22.1. The minimum absolute atomic E-state index is 0.0213. The van der Waals surface area contributed by atoms with E-state index in [1.807, 2.05) is 79.7 Å². The molecule has 0 aromatic heterocycles. The molecule has 0 aliphatic carbocycles. The molecule has 0 spiro atoms. The average molecular weight is 371 g/mol. The Hall–Kier alpha value is -3.40. The van der Waals surface area contributed by atoms with Crippen molar-refractivity contribution in [1.82, 2.24) is 0 Å². The second-order valence-electron chi connectivity index (χ2n) is 6.97. The number of Topliss-reactive ketones (excluding diaryl/α,β-unsaturated/α-hetero) is 1. The molecule has 1 unspecified atom stereocenters. The van der Waals surface area contributed by atoms with Crippen LogP contribution in [0.1, 0.15) is 44.3 Å². The standard InChI is InChI=1S/C24H21NO3/c1-16-7-9-17(10-8-16)23(26)15-22-20-5-3-4-6-21(20)24(27)25(22)18-11-13-19(28-2)14-12-18/h3-14,22H,15H2,1-2H3. The minimum Gasteiger partial charge on any atom is -0.497 e. The molecule has 1 aliphatic heterocycles. The van der Waals surface area contributed by atoms with Gasteiger partial charge in [-0.3, -0.25) is 9.59 Å². The molecule has 0 saturated carbocycles. The van der Waals surface area contributed by atoms with Crippen LogP contribution >= 0.6 is 0 Å². The fourth-order valence-electron chi connectivity index (χ4n) is 3.67. The molecule has 28 heavy (non-hydrogen) atoms. The van der Waals surface area contributed by atoms with Crippen LogP contribution in [0.5, 0.6) is 5.75 Å². The van der Waals surface area contributed by atoms with Crippen molar-refractivity contribution in [3.05, 3.63) is 95.1 Å². The molecule has 0 saturated heterocycles. The highest BCUT2D eigenvalue weighted by atomic mass is 16.5. The van der Waals surface area contributed by atoms with Crippen molar-refractivity contribution < 1.29 is 14.3 Å². The van der Waals surface area contributed by atoms with Crippen LogP contribution in [-0.4, -0.2) is 18.8 Å². The summed E-state index contributed by atoms with van der Waals surface area (Å²) < 4.78 is 5.22. The monoisotopic (exact) mass is 371 g/mol. The van der Waals surface area contributed by atoms with Crippen LogP contribution in [0.15, 0.2) is 72.8 Å². The topological polar surface area (TPSA) is 46.6 Å². The number of benzene rings is 3.